The van der Waals surface area contributed by atoms with Crippen LogP contribution in [0.4, 0.5) is 0 Å². The first-order chi connectivity index (χ1) is 9.83. The molecule has 3 rings (SSSR count). The van der Waals surface area contributed by atoms with E-state index in [4.69, 9.17) is 9.72 Å². The van der Waals surface area contributed by atoms with Gasteiger partial charge < -0.3 is 4.74 Å². The van der Waals surface area contributed by atoms with E-state index in [0.29, 0.717) is 0 Å². The van der Waals surface area contributed by atoms with Crippen molar-refractivity contribution in [1.29, 1.82) is 0 Å². The summed E-state index contributed by atoms with van der Waals surface area (Å²) in [5.74, 6) is 1.89. The Labute approximate surface area is 127 Å². The number of hydrogen-bond acceptors (Lipinski definition) is 5. The van der Waals surface area contributed by atoms with E-state index in [1.807, 2.05) is 24.0 Å². The molecule has 20 heavy (non-hydrogen) atoms. The molecule has 0 aromatic carbocycles. The number of hydrogen-bond donors (Lipinski definition) is 0. The Balaban J connectivity index is 1.52. The molecule has 1 aliphatic heterocycles. The van der Waals surface area contributed by atoms with Crippen molar-refractivity contribution in [3.8, 4) is 0 Å². The van der Waals surface area contributed by atoms with Crippen LogP contribution < -0.4 is 0 Å². The highest BCUT2D eigenvalue weighted by Gasteiger charge is 2.20. The third-order valence-electron chi connectivity index (χ3n) is 3.38. The second kappa shape index (κ2) is 6.70. The number of nitrogens with zero attached hydrogens (tertiary/aromatic N) is 2. The zero-order valence-electron chi connectivity index (χ0n) is 11.5. The van der Waals surface area contributed by atoms with Gasteiger partial charge in [0.1, 0.15) is 11.1 Å². The smallest absolute Gasteiger partial charge is 0.122 e. The third-order valence-corrected chi connectivity index (χ3v) is 5.34. The summed E-state index contributed by atoms with van der Waals surface area (Å²) < 4.78 is 5.67. The molecule has 0 amide bonds. The number of pyridine rings is 1. The average Bonchev–Trinajstić information content (AvgIpc) is 3.11. The van der Waals surface area contributed by atoms with Gasteiger partial charge >= 0.3 is 0 Å². The molecule has 0 bridgehead atoms. The van der Waals surface area contributed by atoms with Gasteiger partial charge in [-0.1, -0.05) is 6.07 Å². The lowest BCUT2D eigenvalue weighted by Gasteiger charge is -2.04. The molecule has 0 spiro atoms. The van der Waals surface area contributed by atoms with E-state index in [0.717, 1.165) is 36.0 Å². The van der Waals surface area contributed by atoms with Crippen LogP contribution in [0.3, 0.4) is 0 Å². The number of aromatic nitrogens is 2. The van der Waals surface area contributed by atoms with E-state index >= 15 is 0 Å². The Morgan fingerprint density at radius 3 is 3.20 bits per heavy atom. The molecule has 0 saturated carbocycles. The van der Waals surface area contributed by atoms with Crippen molar-refractivity contribution in [1.82, 2.24) is 9.97 Å². The van der Waals surface area contributed by atoms with Gasteiger partial charge in [-0.15, -0.1) is 23.1 Å². The lowest BCUT2D eigenvalue weighted by atomic mass is 10.2. The molecule has 1 unspecified atom stereocenters. The molecule has 0 N–H and O–H groups in total. The molecule has 3 nitrogen and oxygen atoms in total. The summed E-state index contributed by atoms with van der Waals surface area (Å²) in [5.41, 5.74) is 3.60. The highest BCUT2D eigenvalue weighted by atomic mass is 32.2. The SMILES string of the molecule is Cc1cccnc1CSCc1csc(C2CCCO2)n1. The fraction of sp³-hybridized carbons (Fsp3) is 0.467. The van der Waals surface area contributed by atoms with Crippen molar-refractivity contribution in [2.45, 2.75) is 37.4 Å². The average molecular weight is 306 g/mol. The second-order valence-electron chi connectivity index (χ2n) is 4.94. The molecule has 3 heterocycles. The Hall–Kier alpha value is -0.910. The maximum absolute atomic E-state index is 5.67. The Morgan fingerprint density at radius 2 is 2.40 bits per heavy atom. The monoisotopic (exact) mass is 306 g/mol. The van der Waals surface area contributed by atoms with Crippen LogP contribution in [-0.4, -0.2) is 16.6 Å². The topological polar surface area (TPSA) is 35.0 Å². The van der Waals surface area contributed by atoms with Crippen LogP contribution in [0, 0.1) is 6.92 Å². The first kappa shape index (κ1) is 14.0. The maximum Gasteiger partial charge on any atom is 0.122 e. The van der Waals surface area contributed by atoms with E-state index in [2.05, 4.69) is 23.4 Å². The second-order valence-corrected chi connectivity index (χ2v) is 6.81. The van der Waals surface area contributed by atoms with Crippen molar-refractivity contribution < 1.29 is 4.74 Å². The van der Waals surface area contributed by atoms with Gasteiger partial charge in [0.2, 0.25) is 0 Å². The summed E-state index contributed by atoms with van der Waals surface area (Å²) in [7, 11) is 0. The third kappa shape index (κ3) is 3.40. The predicted octanol–water partition coefficient (Wildman–Crippen LogP) is 4.13. The largest absolute Gasteiger partial charge is 0.371 e. The quantitative estimate of drug-likeness (QED) is 0.832. The fourth-order valence-corrected chi connectivity index (χ4v) is 4.19. The van der Waals surface area contributed by atoms with Crippen LogP contribution in [0.25, 0.3) is 0 Å². The number of aryl methyl sites for hydroxylation is 1. The normalized spacial score (nSPS) is 18.6. The first-order valence-electron chi connectivity index (χ1n) is 6.87. The van der Waals surface area contributed by atoms with Gasteiger partial charge in [-0.25, -0.2) is 4.98 Å². The van der Waals surface area contributed by atoms with E-state index in [9.17, 15) is 0 Å². The molecule has 0 radical (unpaired) electrons. The van der Waals surface area contributed by atoms with Gasteiger partial charge in [-0.3, -0.25) is 4.98 Å². The van der Waals surface area contributed by atoms with Crippen LogP contribution in [0.1, 0.15) is 40.9 Å². The van der Waals surface area contributed by atoms with Crippen LogP contribution in [0.15, 0.2) is 23.7 Å². The van der Waals surface area contributed by atoms with Gasteiger partial charge in [0.05, 0.1) is 11.4 Å². The first-order valence-corrected chi connectivity index (χ1v) is 8.90. The van der Waals surface area contributed by atoms with Crippen LogP contribution in [0.2, 0.25) is 0 Å². The zero-order chi connectivity index (χ0) is 13.8. The van der Waals surface area contributed by atoms with Gasteiger partial charge in [-0.05, 0) is 31.4 Å². The van der Waals surface area contributed by atoms with Crippen molar-refractivity contribution in [3.63, 3.8) is 0 Å². The fourth-order valence-electron chi connectivity index (χ4n) is 2.23. The lowest BCUT2D eigenvalue weighted by molar-refractivity contribution is 0.111. The van der Waals surface area contributed by atoms with Gasteiger partial charge in [0, 0.05) is 29.7 Å². The van der Waals surface area contributed by atoms with Crippen molar-refractivity contribution >= 4 is 23.1 Å². The summed E-state index contributed by atoms with van der Waals surface area (Å²) in [4.78, 5) is 9.12. The van der Waals surface area contributed by atoms with Crippen LogP contribution in [-0.2, 0) is 16.2 Å². The molecule has 2 aromatic heterocycles. The molecule has 1 saturated heterocycles. The summed E-state index contributed by atoms with van der Waals surface area (Å²) in [6, 6.07) is 4.10. The van der Waals surface area contributed by atoms with Gasteiger partial charge in [-0.2, -0.15) is 0 Å². The molecule has 1 aliphatic rings. The van der Waals surface area contributed by atoms with E-state index in [1.54, 1.807) is 11.3 Å². The van der Waals surface area contributed by atoms with Gasteiger partial charge in [0.15, 0.2) is 0 Å². The van der Waals surface area contributed by atoms with E-state index < -0.39 is 0 Å². The highest BCUT2D eigenvalue weighted by Crippen LogP contribution is 2.31. The molecule has 0 aliphatic carbocycles. The predicted molar refractivity (Wildman–Crippen MR) is 84.0 cm³/mol. The van der Waals surface area contributed by atoms with Crippen LogP contribution >= 0.6 is 23.1 Å². The van der Waals surface area contributed by atoms with Crippen molar-refractivity contribution in [2.75, 3.05) is 6.61 Å². The summed E-state index contributed by atoms with van der Waals surface area (Å²) in [6.07, 6.45) is 4.39. The maximum atomic E-state index is 5.67. The standard InChI is InChI=1S/C15H18N2OS2/c1-11-4-2-6-16-13(11)10-19-8-12-9-20-15(17-12)14-5-3-7-18-14/h2,4,6,9,14H,3,5,7-8,10H2,1H3. The minimum Gasteiger partial charge on any atom is -0.371 e. The Bertz CT molecular complexity index is 565. The molecular formula is C15H18N2OS2. The zero-order valence-corrected chi connectivity index (χ0v) is 13.2. The number of ether oxygens (including phenoxy) is 1. The van der Waals surface area contributed by atoms with Crippen molar-refractivity contribution in [3.05, 3.63) is 45.7 Å². The molecule has 2 aromatic rings. The van der Waals surface area contributed by atoms with E-state index in [1.165, 1.54) is 17.0 Å². The highest BCUT2D eigenvalue weighted by molar-refractivity contribution is 7.97. The van der Waals surface area contributed by atoms with E-state index in [-0.39, 0.29) is 6.10 Å². The molecular weight excluding hydrogens is 288 g/mol. The Kier molecular flexibility index (Phi) is 4.70. The molecule has 1 fully saturated rings. The number of rotatable bonds is 5. The lowest BCUT2D eigenvalue weighted by Crippen LogP contribution is -1.95. The minimum absolute atomic E-state index is 0.247. The minimum atomic E-state index is 0.247. The molecule has 106 valence electrons. The van der Waals surface area contributed by atoms with Gasteiger partial charge in [0.25, 0.3) is 0 Å². The van der Waals surface area contributed by atoms with Crippen molar-refractivity contribution in [2.24, 2.45) is 0 Å². The molecule has 1 atom stereocenters. The Morgan fingerprint density at radius 1 is 1.45 bits per heavy atom. The summed E-state index contributed by atoms with van der Waals surface area (Å²) >= 11 is 3.60. The summed E-state index contributed by atoms with van der Waals surface area (Å²) in [5, 5.41) is 3.31. The number of thiazole rings is 1. The molecule has 5 heteroatoms. The van der Waals surface area contributed by atoms with Crippen LogP contribution in [0.5, 0.6) is 0 Å². The summed E-state index contributed by atoms with van der Waals surface area (Å²) in [6.45, 7) is 2.99. The number of thioether (sulfide) groups is 1.